The zero-order valence-corrected chi connectivity index (χ0v) is 18.2. The molecule has 0 radical (unpaired) electrons. The minimum absolute atomic E-state index is 0.165. The van der Waals surface area contributed by atoms with E-state index in [-0.39, 0.29) is 24.4 Å². The third kappa shape index (κ3) is 4.02. The molecule has 3 aromatic heterocycles. The van der Waals surface area contributed by atoms with Crippen molar-refractivity contribution >= 4 is 44.2 Å². The van der Waals surface area contributed by atoms with Gasteiger partial charge in [-0.3, -0.25) is 18.8 Å². The molecular formula is C23H20N6O2S. The van der Waals surface area contributed by atoms with Crippen molar-refractivity contribution in [1.82, 2.24) is 24.3 Å². The van der Waals surface area contributed by atoms with E-state index in [0.717, 1.165) is 28.2 Å². The summed E-state index contributed by atoms with van der Waals surface area (Å²) in [5.41, 5.74) is 3.20. The van der Waals surface area contributed by atoms with Gasteiger partial charge < -0.3 is 5.32 Å². The standard InChI is InChI=1S/C23H20N6O2S/c1-28-22-17(13-25-28)23(31)29(14-24-22)11-10-20(30)26-16-8-6-15(7-9-16)12-21-27-18-4-2-3-5-19(18)32-21/h2-9,13-14H,10-12H2,1H3,(H,26,30). The number of para-hydroxylation sites is 1. The maximum absolute atomic E-state index is 12.5. The number of amides is 1. The second kappa shape index (κ2) is 8.35. The molecule has 0 aliphatic heterocycles. The Kier molecular flexibility index (Phi) is 5.24. The molecule has 9 heteroatoms. The van der Waals surface area contributed by atoms with Gasteiger partial charge in [0, 0.05) is 32.1 Å². The zero-order valence-electron chi connectivity index (χ0n) is 17.4. The number of nitrogens with zero attached hydrogens (tertiary/aromatic N) is 5. The lowest BCUT2D eigenvalue weighted by Crippen LogP contribution is -2.23. The number of anilines is 1. The monoisotopic (exact) mass is 444 g/mol. The first-order valence-electron chi connectivity index (χ1n) is 10.2. The second-order valence-corrected chi connectivity index (χ2v) is 8.61. The normalized spacial score (nSPS) is 11.3. The molecule has 0 fully saturated rings. The number of hydrogen-bond acceptors (Lipinski definition) is 6. The molecule has 0 spiro atoms. The molecule has 0 atom stereocenters. The molecule has 32 heavy (non-hydrogen) atoms. The molecule has 1 N–H and O–H groups in total. The fourth-order valence-corrected chi connectivity index (χ4v) is 4.55. The number of benzene rings is 2. The fraction of sp³-hybridized carbons (Fsp3) is 0.174. The first kappa shape index (κ1) is 20.1. The molecule has 8 nitrogen and oxygen atoms in total. The summed E-state index contributed by atoms with van der Waals surface area (Å²) in [6.07, 6.45) is 3.87. The lowest BCUT2D eigenvalue weighted by atomic mass is 10.1. The van der Waals surface area contributed by atoms with Gasteiger partial charge in [-0.15, -0.1) is 11.3 Å². The molecular weight excluding hydrogens is 424 g/mol. The van der Waals surface area contributed by atoms with Gasteiger partial charge in [0.25, 0.3) is 5.56 Å². The molecule has 0 unspecified atom stereocenters. The van der Waals surface area contributed by atoms with E-state index in [1.807, 2.05) is 42.5 Å². The highest BCUT2D eigenvalue weighted by Gasteiger charge is 2.10. The minimum Gasteiger partial charge on any atom is -0.326 e. The summed E-state index contributed by atoms with van der Waals surface area (Å²) >= 11 is 1.70. The molecule has 0 saturated carbocycles. The molecule has 5 aromatic rings. The Labute approximate surface area is 187 Å². The SMILES string of the molecule is Cn1ncc2c(=O)n(CCC(=O)Nc3ccc(Cc4nc5ccccc5s4)cc3)cnc21. The molecule has 0 saturated heterocycles. The average Bonchev–Trinajstić information content (AvgIpc) is 3.38. The summed E-state index contributed by atoms with van der Waals surface area (Å²) in [5, 5.41) is 8.44. The minimum atomic E-state index is -0.199. The largest absolute Gasteiger partial charge is 0.326 e. The number of nitrogens with one attached hydrogen (secondary N) is 1. The summed E-state index contributed by atoms with van der Waals surface area (Å²) in [7, 11) is 1.73. The van der Waals surface area contributed by atoms with Gasteiger partial charge in [-0.05, 0) is 29.8 Å². The third-order valence-corrected chi connectivity index (χ3v) is 6.27. The van der Waals surface area contributed by atoms with Gasteiger partial charge in [-0.2, -0.15) is 5.10 Å². The molecule has 1 amide bonds. The smallest absolute Gasteiger partial charge is 0.264 e. The Hall–Kier alpha value is -3.85. The highest BCUT2D eigenvalue weighted by molar-refractivity contribution is 7.18. The van der Waals surface area contributed by atoms with Crippen LogP contribution in [0.4, 0.5) is 5.69 Å². The maximum atomic E-state index is 12.5. The third-order valence-electron chi connectivity index (χ3n) is 5.23. The number of rotatable bonds is 6. The Morgan fingerprint density at radius 1 is 1.12 bits per heavy atom. The number of fused-ring (bicyclic) bond motifs is 2. The molecule has 2 aromatic carbocycles. The van der Waals surface area contributed by atoms with Crippen molar-refractivity contribution < 1.29 is 4.79 Å². The number of carbonyl (C=O) groups is 1. The highest BCUT2D eigenvalue weighted by atomic mass is 32.1. The predicted molar refractivity (Wildman–Crippen MR) is 125 cm³/mol. The Bertz CT molecular complexity index is 1450. The van der Waals surface area contributed by atoms with E-state index < -0.39 is 0 Å². The molecule has 160 valence electrons. The van der Waals surface area contributed by atoms with Crippen LogP contribution in [0.25, 0.3) is 21.3 Å². The van der Waals surface area contributed by atoms with Crippen molar-refractivity contribution in [3.8, 4) is 0 Å². The van der Waals surface area contributed by atoms with Crippen molar-refractivity contribution in [1.29, 1.82) is 0 Å². The van der Waals surface area contributed by atoms with Crippen molar-refractivity contribution in [2.45, 2.75) is 19.4 Å². The van der Waals surface area contributed by atoms with E-state index in [4.69, 9.17) is 0 Å². The van der Waals surface area contributed by atoms with Gasteiger partial charge in [0.1, 0.15) is 5.39 Å². The quantitative estimate of drug-likeness (QED) is 0.433. The van der Waals surface area contributed by atoms with Crippen LogP contribution in [0.15, 0.2) is 65.8 Å². The average molecular weight is 445 g/mol. The van der Waals surface area contributed by atoms with Crippen LogP contribution in [0, 0.1) is 0 Å². The Balaban J connectivity index is 1.19. The van der Waals surface area contributed by atoms with Crippen LogP contribution in [0.5, 0.6) is 0 Å². The number of carbonyl (C=O) groups excluding carboxylic acids is 1. The fourth-order valence-electron chi connectivity index (χ4n) is 3.55. The lowest BCUT2D eigenvalue weighted by Gasteiger charge is -2.08. The number of hydrogen-bond donors (Lipinski definition) is 1. The van der Waals surface area contributed by atoms with E-state index in [1.54, 1.807) is 23.1 Å². The van der Waals surface area contributed by atoms with Crippen LogP contribution < -0.4 is 10.9 Å². The Morgan fingerprint density at radius 3 is 2.75 bits per heavy atom. The number of aromatic nitrogens is 5. The van der Waals surface area contributed by atoms with Crippen LogP contribution >= 0.6 is 11.3 Å². The van der Waals surface area contributed by atoms with Gasteiger partial charge in [0.2, 0.25) is 5.91 Å². The molecule has 0 aliphatic carbocycles. The topological polar surface area (TPSA) is 94.7 Å². The molecule has 0 aliphatic rings. The van der Waals surface area contributed by atoms with Gasteiger partial charge >= 0.3 is 0 Å². The summed E-state index contributed by atoms with van der Waals surface area (Å²) in [6.45, 7) is 0.248. The first-order valence-corrected chi connectivity index (χ1v) is 11.0. The maximum Gasteiger partial charge on any atom is 0.264 e. The predicted octanol–water partition coefficient (Wildman–Crippen LogP) is 3.36. The summed E-state index contributed by atoms with van der Waals surface area (Å²) in [5.74, 6) is -0.165. The Morgan fingerprint density at radius 2 is 1.94 bits per heavy atom. The van der Waals surface area contributed by atoms with E-state index in [9.17, 15) is 9.59 Å². The lowest BCUT2D eigenvalue weighted by molar-refractivity contribution is -0.116. The van der Waals surface area contributed by atoms with Crippen LogP contribution in [-0.4, -0.2) is 30.2 Å². The molecule has 5 rings (SSSR count). The summed E-state index contributed by atoms with van der Waals surface area (Å²) < 4.78 is 4.17. The summed E-state index contributed by atoms with van der Waals surface area (Å²) in [4.78, 5) is 33.8. The van der Waals surface area contributed by atoms with E-state index >= 15 is 0 Å². The van der Waals surface area contributed by atoms with E-state index in [0.29, 0.717) is 11.0 Å². The van der Waals surface area contributed by atoms with Crippen LogP contribution in [0.1, 0.15) is 17.0 Å². The van der Waals surface area contributed by atoms with Gasteiger partial charge in [-0.25, -0.2) is 9.97 Å². The highest BCUT2D eigenvalue weighted by Crippen LogP contribution is 2.24. The zero-order chi connectivity index (χ0) is 22.1. The number of aryl methyl sites for hydroxylation is 2. The van der Waals surface area contributed by atoms with Crippen LogP contribution in [-0.2, 0) is 24.8 Å². The van der Waals surface area contributed by atoms with Crippen molar-refractivity contribution in [2.24, 2.45) is 7.05 Å². The van der Waals surface area contributed by atoms with Crippen LogP contribution in [0.2, 0.25) is 0 Å². The van der Waals surface area contributed by atoms with E-state index in [2.05, 4.69) is 26.4 Å². The van der Waals surface area contributed by atoms with Gasteiger partial charge in [0.15, 0.2) is 5.65 Å². The number of thiazole rings is 1. The van der Waals surface area contributed by atoms with Crippen molar-refractivity contribution in [3.05, 3.63) is 82.0 Å². The summed E-state index contributed by atoms with van der Waals surface area (Å²) in [6, 6.07) is 15.9. The van der Waals surface area contributed by atoms with Gasteiger partial charge in [-0.1, -0.05) is 24.3 Å². The molecule has 0 bridgehead atoms. The van der Waals surface area contributed by atoms with Crippen molar-refractivity contribution in [2.75, 3.05) is 5.32 Å². The molecule has 3 heterocycles. The second-order valence-electron chi connectivity index (χ2n) is 7.50. The van der Waals surface area contributed by atoms with Gasteiger partial charge in [0.05, 0.1) is 27.7 Å². The first-order chi connectivity index (χ1) is 15.6. The van der Waals surface area contributed by atoms with Crippen LogP contribution in [0.3, 0.4) is 0 Å². The van der Waals surface area contributed by atoms with E-state index in [1.165, 1.54) is 21.8 Å². The van der Waals surface area contributed by atoms with Crippen molar-refractivity contribution in [3.63, 3.8) is 0 Å².